The Bertz CT molecular complexity index is 454. The van der Waals surface area contributed by atoms with Crippen molar-refractivity contribution in [3.63, 3.8) is 0 Å². The average molecular weight is 264 g/mol. The van der Waals surface area contributed by atoms with E-state index in [2.05, 4.69) is 11.8 Å². The average Bonchev–Trinajstić information content (AvgIpc) is 2.46. The lowest BCUT2D eigenvalue weighted by atomic mass is 9.94. The normalized spacial score (nSPS) is 16.6. The molecule has 1 aromatic carbocycles. The highest BCUT2D eigenvalue weighted by molar-refractivity contribution is 5.58. The molecule has 1 fully saturated rings. The highest BCUT2D eigenvalue weighted by Gasteiger charge is 2.21. The molecule has 1 saturated heterocycles. The molecule has 0 atom stereocenters. The molecule has 0 amide bonds. The van der Waals surface area contributed by atoms with E-state index in [4.69, 9.17) is 0 Å². The second-order valence-electron chi connectivity index (χ2n) is 5.07. The van der Waals surface area contributed by atoms with Gasteiger partial charge in [-0.1, -0.05) is 13.3 Å². The molecule has 0 spiro atoms. The van der Waals surface area contributed by atoms with Gasteiger partial charge in [0, 0.05) is 36.5 Å². The quantitative estimate of drug-likeness (QED) is 0.670. The van der Waals surface area contributed by atoms with E-state index < -0.39 is 4.92 Å². The fourth-order valence-corrected chi connectivity index (χ4v) is 2.70. The van der Waals surface area contributed by atoms with Crippen LogP contribution in [0.1, 0.15) is 31.7 Å². The van der Waals surface area contributed by atoms with Crippen molar-refractivity contribution < 1.29 is 10.0 Å². The van der Waals surface area contributed by atoms with Crippen molar-refractivity contribution in [3.05, 3.63) is 33.9 Å². The summed E-state index contributed by atoms with van der Waals surface area (Å²) in [5.74, 6) is 0.784. The van der Waals surface area contributed by atoms with Crippen LogP contribution in [0.4, 0.5) is 11.4 Å². The minimum Gasteiger partial charge on any atom is -0.392 e. The van der Waals surface area contributed by atoms with Gasteiger partial charge in [-0.2, -0.15) is 0 Å². The van der Waals surface area contributed by atoms with E-state index in [0.29, 0.717) is 5.56 Å². The monoisotopic (exact) mass is 264 g/mol. The summed E-state index contributed by atoms with van der Waals surface area (Å²) < 4.78 is 0. The predicted octanol–water partition coefficient (Wildman–Crippen LogP) is 2.71. The lowest BCUT2D eigenvalue weighted by Crippen LogP contribution is -2.34. The van der Waals surface area contributed by atoms with Gasteiger partial charge in [0.25, 0.3) is 5.69 Å². The summed E-state index contributed by atoms with van der Waals surface area (Å²) in [5, 5.41) is 20.2. The smallest absolute Gasteiger partial charge is 0.269 e. The Morgan fingerprint density at radius 3 is 2.63 bits per heavy atom. The van der Waals surface area contributed by atoms with Gasteiger partial charge >= 0.3 is 0 Å². The highest BCUT2D eigenvalue weighted by Crippen LogP contribution is 2.30. The third-order valence-corrected chi connectivity index (χ3v) is 3.98. The molecule has 1 aromatic rings. The Labute approximate surface area is 113 Å². The van der Waals surface area contributed by atoms with Crippen LogP contribution in [0.15, 0.2) is 18.2 Å². The number of piperidine rings is 1. The summed E-state index contributed by atoms with van der Waals surface area (Å²) in [5.41, 5.74) is 1.61. The standard InChI is InChI=1S/C14H20N2O3/c1-2-11-5-7-15(8-6-11)14-4-3-13(16(18)19)9-12(14)10-17/h3-4,9,11,17H,2,5-8,10H2,1H3. The maximum absolute atomic E-state index is 10.7. The topological polar surface area (TPSA) is 66.6 Å². The first-order valence-electron chi connectivity index (χ1n) is 6.78. The van der Waals surface area contributed by atoms with Gasteiger partial charge in [-0.25, -0.2) is 0 Å². The van der Waals surface area contributed by atoms with Crippen molar-refractivity contribution in [3.8, 4) is 0 Å². The molecule has 0 aliphatic carbocycles. The molecule has 0 unspecified atom stereocenters. The predicted molar refractivity (Wildman–Crippen MR) is 74.2 cm³/mol. The molecule has 104 valence electrons. The molecule has 0 bridgehead atoms. The molecule has 5 heteroatoms. The molecule has 1 N–H and O–H groups in total. The second-order valence-corrected chi connectivity index (χ2v) is 5.07. The van der Waals surface area contributed by atoms with E-state index in [-0.39, 0.29) is 12.3 Å². The largest absolute Gasteiger partial charge is 0.392 e. The molecular weight excluding hydrogens is 244 g/mol. The van der Waals surface area contributed by atoms with Crippen LogP contribution in [-0.2, 0) is 6.61 Å². The number of benzene rings is 1. The number of hydrogen-bond acceptors (Lipinski definition) is 4. The molecule has 1 aliphatic rings. The van der Waals surface area contributed by atoms with Crippen molar-refractivity contribution in [1.29, 1.82) is 0 Å². The number of non-ortho nitro benzene ring substituents is 1. The van der Waals surface area contributed by atoms with E-state index in [0.717, 1.165) is 37.5 Å². The first kappa shape index (κ1) is 13.8. The van der Waals surface area contributed by atoms with Gasteiger partial charge < -0.3 is 10.0 Å². The Morgan fingerprint density at radius 2 is 2.11 bits per heavy atom. The number of aliphatic hydroxyl groups excluding tert-OH is 1. The zero-order valence-electron chi connectivity index (χ0n) is 11.2. The molecular formula is C14H20N2O3. The molecule has 0 aromatic heterocycles. The van der Waals surface area contributed by atoms with Crippen LogP contribution >= 0.6 is 0 Å². The van der Waals surface area contributed by atoms with Crippen LogP contribution in [0.25, 0.3) is 0 Å². The number of nitrogens with zero attached hydrogens (tertiary/aromatic N) is 2. The maximum atomic E-state index is 10.7. The number of nitro groups is 1. The Kier molecular flexibility index (Phi) is 4.37. The molecule has 5 nitrogen and oxygen atoms in total. The minimum atomic E-state index is -0.424. The molecule has 0 radical (unpaired) electrons. The minimum absolute atomic E-state index is 0.0382. The number of rotatable bonds is 4. The van der Waals surface area contributed by atoms with Gasteiger partial charge in [0.2, 0.25) is 0 Å². The van der Waals surface area contributed by atoms with Crippen LogP contribution in [0.2, 0.25) is 0 Å². The Balaban J connectivity index is 2.18. The van der Waals surface area contributed by atoms with Crippen LogP contribution in [0.5, 0.6) is 0 Å². The summed E-state index contributed by atoms with van der Waals surface area (Å²) in [4.78, 5) is 12.5. The van der Waals surface area contributed by atoms with Crippen molar-refractivity contribution in [2.24, 2.45) is 5.92 Å². The summed E-state index contributed by atoms with van der Waals surface area (Å²) in [7, 11) is 0. The van der Waals surface area contributed by atoms with E-state index in [1.54, 1.807) is 6.07 Å². The number of nitro benzene ring substituents is 1. The SMILES string of the molecule is CCC1CCN(c2ccc([N+](=O)[O-])cc2CO)CC1. The third-order valence-electron chi connectivity index (χ3n) is 3.98. The van der Waals surface area contributed by atoms with Gasteiger partial charge in [0.1, 0.15) is 0 Å². The zero-order valence-corrected chi connectivity index (χ0v) is 11.2. The summed E-state index contributed by atoms with van der Waals surface area (Å²) in [6.45, 7) is 3.97. The second kappa shape index (κ2) is 6.02. The number of aliphatic hydroxyl groups is 1. The van der Waals surface area contributed by atoms with Gasteiger partial charge in [-0.15, -0.1) is 0 Å². The Morgan fingerprint density at radius 1 is 1.42 bits per heavy atom. The van der Waals surface area contributed by atoms with Crippen LogP contribution in [0.3, 0.4) is 0 Å². The molecule has 0 saturated carbocycles. The van der Waals surface area contributed by atoms with Crippen LogP contribution < -0.4 is 4.90 Å². The first-order valence-corrected chi connectivity index (χ1v) is 6.78. The van der Waals surface area contributed by atoms with Gasteiger partial charge in [-0.3, -0.25) is 10.1 Å². The molecule has 1 aliphatic heterocycles. The van der Waals surface area contributed by atoms with Crippen molar-refractivity contribution >= 4 is 11.4 Å². The van der Waals surface area contributed by atoms with E-state index in [1.807, 2.05) is 0 Å². The fraction of sp³-hybridized carbons (Fsp3) is 0.571. The summed E-state index contributed by atoms with van der Waals surface area (Å²) in [6.07, 6.45) is 3.51. The number of hydrogen-bond donors (Lipinski definition) is 1. The van der Waals surface area contributed by atoms with Gasteiger partial charge in [0.15, 0.2) is 0 Å². The van der Waals surface area contributed by atoms with Gasteiger partial charge in [-0.05, 0) is 24.8 Å². The third kappa shape index (κ3) is 3.04. The zero-order chi connectivity index (χ0) is 13.8. The van der Waals surface area contributed by atoms with Crippen molar-refractivity contribution in [2.45, 2.75) is 32.8 Å². The highest BCUT2D eigenvalue weighted by atomic mass is 16.6. The van der Waals surface area contributed by atoms with E-state index >= 15 is 0 Å². The molecule has 2 rings (SSSR count). The fourth-order valence-electron chi connectivity index (χ4n) is 2.70. The van der Waals surface area contributed by atoms with Crippen LogP contribution in [-0.4, -0.2) is 23.1 Å². The first-order chi connectivity index (χ1) is 9.15. The van der Waals surface area contributed by atoms with Crippen molar-refractivity contribution in [1.82, 2.24) is 0 Å². The lowest BCUT2D eigenvalue weighted by Gasteiger charge is -2.34. The van der Waals surface area contributed by atoms with E-state index in [1.165, 1.54) is 18.6 Å². The van der Waals surface area contributed by atoms with E-state index in [9.17, 15) is 15.2 Å². The molecule has 19 heavy (non-hydrogen) atoms. The maximum Gasteiger partial charge on any atom is 0.269 e. The Hall–Kier alpha value is -1.62. The summed E-state index contributed by atoms with van der Waals surface area (Å²) in [6, 6.07) is 4.75. The van der Waals surface area contributed by atoms with Crippen LogP contribution in [0, 0.1) is 16.0 Å². The summed E-state index contributed by atoms with van der Waals surface area (Å²) >= 11 is 0. The van der Waals surface area contributed by atoms with Gasteiger partial charge in [0.05, 0.1) is 11.5 Å². The van der Waals surface area contributed by atoms with Crippen molar-refractivity contribution in [2.75, 3.05) is 18.0 Å². The molecule has 1 heterocycles. The lowest BCUT2D eigenvalue weighted by molar-refractivity contribution is -0.384. The number of anilines is 1.